The second-order valence-electron chi connectivity index (χ2n) is 4.04. The van der Waals surface area contributed by atoms with Crippen LogP contribution in [0, 0.1) is 0 Å². The molecule has 1 atom stereocenters. The van der Waals surface area contributed by atoms with Gasteiger partial charge in [-0.25, -0.2) is 8.42 Å². The molecule has 0 unspecified atom stereocenters. The highest BCUT2D eigenvalue weighted by molar-refractivity contribution is 7.90. The van der Waals surface area contributed by atoms with Crippen LogP contribution in [0.4, 0.5) is 0 Å². The van der Waals surface area contributed by atoms with Gasteiger partial charge in [0.2, 0.25) is 10.0 Å². The van der Waals surface area contributed by atoms with Crippen LogP contribution < -0.4 is 4.72 Å². The third-order valence-corrected chi connectivity index (χ3v) is 4.54. The molecule has 0 aromatic heterocycles. The monoisotopic (exact) mass is 255 g/mol. The fourth-order valence-corrected chi connectivity index (χ4v) is 3.06. The van der Waals surface area contributed by atoms with E-state index in [2.05, 4.69) is 4.72 Å². The van der Waals surface area contributed by atoms with Crippen LogP contribution >= 0.6 is 0 Å². The maximum atomic E-state index is 11.7. The van der Waals surface area contributed by atoms with Crippen molar-refractivity contribution in [1.29, 1.82) is 0 Å². The number of carboxylic acids is 1. The van der Waals surface area contributed by atoms with Gasteiger partial charge in [-0.15, -0.1) is 0 Å². The quantitative estimate of drug-likeness (QED) is 0.818. The predicted octanol–water partition coefficient (Wildman–Crippen LogP) is 0.894. The van der Waals surface area contributed by atoms with Crippen molar-refractivity contribution in [1.82, 2.24) is 4.72 Å². The molecule has 0 saturated heterocycles. The Bertz CT molecular complexity index is 508. The molecule has 2 N–H and O–H groups in total. The van der Waals surface area contributed by atoms with E-state index in [0.29, 0.717) is 18.4 Å². The SMILES string of the molecule is O=C(O)[C@H](NS(=O)(=O)C1CC1)c1ccccc1. The van der Waals surface area contributed by atoms with Gasteiger partial charge in [0.05, 0.1) is 5.25 Å². The number of rotatable bonds is 5. The Kier molecular flexibility index (Phi) is 3.17. The molecule has 1 saturated carbocycles. The fraction of sp³-hybridized carbons (Fsp3) is 0.364. The van der Waals surface area contributed by atoms with Crippen LogP contribution in [-0.2, 0) is 14.8 Å². The lowest BCUT2D eigenvalue weighted by atomic mass is 10.1. The number of carboxylic acid groups (broad SMARTS) is 1. The van der Waals surface area contributed by atoms with Crippen molar-refractivity contribution in [2.75, 3.05) is 0 Å². The van der Waals surface area contributed by atoms with Gasteiger partial charge in [-0.3, -0.25) is 4.79 Å². The van der Waals surface area contributed by atoms with Crippen LogP contribution in [0.25, 0.3) is 0 Å². The van der Waals surface area contributed by atoms with Crippen LogP contribution in [-0.4, -0.2) is 24.7 Å². The van der Waals surface area contributed by atoms with Crippen LogP contribution in [0.2, 0.25) is 0 Å². The molecule has 1 fully saturated rings. The smallest absolute Gasteiger partial charge is 0.326 e. The molecule has 0 amide bonds. The van der Waals surface area contributed by atoms with Crippen molar-refractivity contribution in [2.24, 2.45) is 0 Å². The maximum Gasteiger partial charge on any atom is 0.326 e. The highest BCUT2D eigenvalue weighted by Gasteiger charge is 2.38. The summed E-state index contributed by atoms with van der Waals surface area (Å²) in [5.41, 5.74) is 0.434. The van der Waals surface area contributed by atoms with Crippen LogP contribution in [0.5, 0.6) is 0 Å². The molecule has 6 heteroatoms. The molecule has 0 spiro atoms. The second-order valence-corrected chi connectivity index (χ2v) is 6.04. The summed E-state index contributed by atoms with van der Waals surface area (Å²) < 4.78 is 25.7. The van der Waals surface area contributed by atoms with Crippen molar-refractivity contribution in [3.63, 3.8) is 0 Å². The van der Waals surface area contributed by atoms with E-state index in [1.54, 1.807) is 30.3 Å². The van der Waals surface area contributed by atoms with E-state index in [0.717, 1.165) is 0 Å². The first kappa shape index (κ1) is 12.1. The summed E-state index contributed by atoms with van der Waals surface area (Å²) in [6.07, 6.45) is 1.22. The number of benzene rings is 1. The lowest BCUT2D eigenvalue weighted by Gasteiger charge is -2.14. The highest BCUT2D eigenvalue weighted by atomic mass is 32.2. The summed E-state index contributed by atoms with van der Waals surface area (Å²) in [4.78, 5) is 11.1. The first-order valence-corrected chi connectivity index (χ1v) is 6.84. The third-order valence-electron chi connectivity index (χ3n) is 2.63. The third kappa shape index (κ3) is 2.83. The van der Waals surface area contributed by atoms with E-state index < -0.39 is 27.3 Å². The van der Waals surface area contributed by atoms with Gasteiger partial charge in [-0.2, -0.15) is 4.72 Å². The van der Waals surface area contributed by atoms with E-state index in [-0.39, 0.29) is 0 Å². The maximum absolute atomic E-state index is 11.7. The van der Waals surface area contributed by atoms with Gasteiger partial charge in [0.25, 0.3) is 0 Å². The zero-order valence-electron chi connectivity index (χ0n) is 9.04. The molecule has 1 aromatic rings. The molecule has 92 valence electrons. The predicted molar refractivity (Wildman–Crippen MR) is 61.9 cm³/mol. The first-order valence-electron chi connectivity index (χ1n) is 5.29. The Morgan fingerprint density at radius 3 is 2.35 bits per heavy atom. The summed E-state index contributed by atoms with van der Waals surface area (Å²) in [5.74, 6) is -1.19. The summed E-state index contributed by atoms with van der Waals surface area (Å²) in [5, 5.41) is 8.64. The highest BCUT2D eigenvalue weighted by Crippen LogP contribution is 2.29. The van der Waals surface area contributed by atoms with E-state index in [9.17, 15) is 13.2 Å². The standard InChI is InChI=1S/C11H13NO4S/c13-11(14)10(8-4-2-1-3-5-8)12-17(15,16)9-6-7-9/h1-5,9-10,12H,6-7H2,(H,13,14)/t10-/m1/s1. The van der Waals surface area contributed by atoms with Crippen molar-refractivity contribution in [3.05, 3.63) is 35.9 Å². The molecular weight excluding hydrogens is 242 g/mol. The van der Waals surface area contributed by atoms with Crippen molar-refractivity contribution < 1.29 is 18.3 Å². The molecule has 0 aliphatic heterocycles. The Morgan fingerprint density at radius 1 is 1.29 bits per heavy atom. The molecular formula is C11H13NO4S. The van der Waals surface area contributed by atoms with Gasteiger partial charge in [0.15, 0.2) is 0 Å². The van der Waals surface area contributed by atoms with Gasteiger partial charge in [-0.05, 0) is 18.4 Å². The van der Waals surface area contributed by atoms with Crippen molar-refractivity contribution in [2.45, 2.75) is 24.1 Å². The topological polar surface area (TPSA) is 83.5 Å². The second kappa shape index (κ2) is 4.46. The van der Waals surface area contributed by atoms with Crippen LogP contribution in [0.1, 0.15) is 24.4 Å². The molecule has 1 aliphatic rings. The Balaban J connectivity index is 2.22. The molecule has 0 radical (unpaired) electrons. The zero-order valence-corrected chi connectivity index (χ0v) is 9.85. The average molecular weight is 255 g/mol. The number of aliphatic carboxylic acids is 1. The normalized spacial score (nSPS) is 17.6. The minimum atomic E-state index is -3.51. The molecule has 1 aromatic carbocycles. The number of hydrogen-bond acceptors (Lipinski definition) is 3. The first-order chi connectivity index (χ1) is 8.00. The minimum absolute atomic E-state index is 0.423. The van der Waals surface area contributed by atoms with E-state index in [1.165, 1.54) is 0 Å². The molecule has 0 heterocycles. The fourth-order valence-electron chi connectivity index (χ4n) is 1.55. The molecule has 5 nitrogen and oxygen atoms in total. The number of nitrogens with one attached hydrogen (secondary N) is 1. The van der Waals surface area contributed by atoms with Gasteiger partial charge in [0.1, 0.15) is 6.04 Å². The molecule has 1 aliphatic carbocycles. The van der Waals surface area contributed by atoms with Crippen molar-refractivity contribution >= 4 is 16.0 Å². The Morgan fingerprint density at radius 2 is 1.88 bits per heavy atom. The summed E-state index contributed by atoms with van der Waals surface area (Å²) in [7, 11) is -3.51. The average Bonchev–Trinajstić information content (AvgIpc) is 3.11. The number of carbonyl (C=O) groups is 1. The van der Waals surface area contributed by atoms with E-state index >= 15 is 0 Å². The van der Waals surface area contributed by atoms with Gasteiger partial charge >= 0.3 is 5.97 Å². The molecule has 0 bridgehead atoms. The number of sulfonamides is 1. The zero-order chi connectivity index (χ0) is 12.5. The Labute approximate surface area is 99.5 Å². The van der Waals surface area contributed by atoms with Gasteiger partial charge < -0.3 is 5.11 Å². The van der Waals surface area contributed by atoms with Gasteiger partial charge in [-0.1, -0.05) is 30.3 Å². The van der Waals surface area contributed by atoms with E-state index in [4.69, 9.17) is 5.11 Å². The lowest BCUT2D eigenvalue weighted by molar-refractivity contribution is -0.139. The van der Waals surface area contributed by atoms with E-state index in [1.807, 2.05) is 0 Å². The molecule has 17 heavy (non-hydrogen) atoms. The Hall–Kier alpha value is -1.40. The summed E-state index contributed by atoms with van der Waals surface area (Å²) >= 11 is 0. The lowest BCUT2D eigenvalue weighted by Crippen LogP contribution is -2.35. The summed E-state index contributed by atoms with van der Waals surface area (Å²) in [6.45, 7) is 0. The summed E-state index contributed by atoms with van der Waals surface area (Å²) in [6, 6.07) is 7.08. The van der Waals surface area contributed by atoms with Crippen LogP contribution in [0.3, 0.4) is 0 Å². The molecule has 2 rings (SSSR count). The van der Waals surface area contributed by atoms with Crippen LogP contribution in [0.15, 0.2) is 30.3 Å². The largest absolute Gasteiger partial charge is 0.480 e. The minimum Gasteiger partial charge on any atom is -0.480 e. The number of hydrogen-bond donors (Lipinski definition) is 2. The van der Waals surface area contributed by atoms with Crippen molar-refractivity contribution in [3.8, 4) is 0 Å². The van der Waals surface area contributed by atoms with Gasteiger partial charge in [0, 0.05) is 0 Å².